The van der Waals surface area contributed by atoms with E-state index in [2.05, 4.69) is 4.72 Å². The predicted octanol–water partition coefficient (Wildman–Crippen LogP) is 1.45. The first kappa shape index (κ1) is 24.4. The Morgan fingerprint density at radius 2 is 1.76 bits per heavy atom. The maximum absolute atomic E-state index is 13.0. The highest BCUT2D eigenvalue weighted by Gasteiger charge is 2.40. The van der Waals surface area contributed by atoms with E-state index in [4.69, 9.17) is 11.6 Å². The van der Waals surface area contributed by atoms with Crippen molar-refractivity contribution in [2.24, 2.45) is 0 Å². The number of carbonyl (C=O) groups excluding carboxylic acids is 3. The third-order valence-electron chi connectivity index (χ3n) is 6.48. The molecule has 34 heavy (non-hydrogen) atoms. The zero-order valence-electron chi connectivity index (χ0n) is 19.0. The summed E-state index contributed by atoms with van der Waals surface area (Å²) in [4.78, 5) is 42.6. The Bertz CT molecular complexity index is 1250. The molecule has 2 aromatic carbocycles. The van der Waals surface area contributed by atoms with E-state index in [0.717, 1.165) is 5.39 Å². The number of fused-ring (bicyclic) bond motifs is 1. The fourth-order valence-electron chi connectivity index (χ4n) is 4.36. The van der Waals surface area contributed by atoms with Crippen molar-refractivity contribution in [2.45, 2.75) is 36.7 Å². The minimum absolute atomic E-state index is 0.0218. The standard InChI is InChI=1S/C23H27ClN4O5S/c1-15(22(30)27-9-8-21(29)26(2)11-12-27)28-10-7-20(23(28)31)25-34(32,33)19-6-4-16-13-18(24)5-3-17(16)14-19/h3-6,13-15,20,25H,7-12H2,1-2H3/t15-,20?/m0/s1. The topological polar surface area (TPSA) is 107 Å². The Labute approximate surface area is 203 Å². The second-order valence-electron chi connectivity index (χ2n) is 8.71. The van der Waals surface area contributed by atoms with E-state index < -0.39 is 28.0 Å². The largest absolute Gasteiger partial charge is 0.344 e. The van der Waals surface area contributed by atoms with Crippen molar-refractivity contribution in [1.29, 1.82) is 0 Å². The van der Waals surface area contributed by atoms with Crippen molar-refractivity contribution in [3.8, 4) is 0 Å². The second kappa shape index (κ2) is 9.52. The van der Waals surface area contributed by atoms with E-state index in [1.807, 2.05) is 0 Å². The third-order valence-corrected chi connectivity index (χ3v) is 8.19. The monoisotopic (exact) mass is 506 g/mol. The van der Waals surface area contributed by atoms with Crippen molar-refractivity contribution in [1.82, 2.24) is 19.4 Å². The first-order chi connectivity index (χ1) is 16.1. The number of carbonyl (C=O) groups is 3. The smallest absolute Gasteiger partial charge is 0.245 e. The molecule has 0 aromatic heterocycles. The maximum Gasteiger partial charge on any atom is 0.245 e. The highest BCUT2D eigenvalue weighted by Crippen LogP contribution is 2.24. The normalized spacial score (nSPS) is 20.7. The number of likely N-dealkylation sites (N-methyl/N-ethyl adjacent to an activating group) is 1. The summed E-state index contributed by atoms with van der Waals surface area (Å²) in [5.74, 6) is -0.695. The van der Waals surface area contributed by atoms with Crippen molar-refractivity contribution in [3.05, 3.63) is 41.4 Å². The Morgan fingerprint density at radius 1 is 1.06 bits per heavy atom. The Balaban J connectivity index is 1.44. The average Bonchev–Trinajstić information content (AvgIpc) is 3.06. The summed E-state index contributed by atoms with van der Waals surface area (Å²) in [6.07, 6.45) is 0.503. The summed E-state index contributed by atoms with van der Waals surface area (Å²) < 4.78 is 28.5. The molecule has 9 nitrogen and oxygen atoms in total. The van der Waals surface area contributed by atoms with Gasteiger partial charge in [-0.1, -0.05) is 23.7 Å². The van der Waals surface area contributed by atoms with E-state index in [1.54, 1.807) is 48.0 Å². The highest BCUT2D eigenvalue weighted by atomic mass is 35.5. The van der Waals surface area contributed by atoms with Crippen LogP contribution in [0.15, 0.2) is 41.3 Å². The quantitative estimate of drug-likeness (QED) is 0.660. The second-order valence-corrected chi connectivity index (χ2v) is 10.9. The molecule has 1 unspecified atom stereocenters. The molecule has 0 saturated carbocycles. The van der Waals surface area contributed by atoms with Crippen LogP contribution < -0.4 is 4.72 Å². The number of nitrogens with zero attached hydrogens (tertiary/aromatic N) is 3. The molecule has 2 aliphatic rings. The number of sulfonamides is 1. The lowest BCUT2D eigenvalue weighted by molar-refractivity contribution is -0.143. The lowest BCUT2D eigenvalue weighted by atomic mass is 10.1. The van der Waals surface area contributed by atoms with Gasteiger partial charge in [0.2, 0.25) is 27.7 Å². The van der Waals surface area contributed by atoms with Crippen molar-refractivity contribution < 1.29 is 22.8 Å². The van der Waals surface area contributed by atoms with E-state index in [0.29, 0.717) is 30.0 Å². The average molecular weight is 507 g/mol. The fourth-order valence-corrected chi connectivity index (χ4v) is 5.80. The minimum atomic E-state index is -3.95. The van der Waals surface area contributed by atoms with Gasteiger partial charge in [0.25, 0.3) is 0 Å². The highest BCUT2D eigenvalue weighted by molar-refractivity contribution is 7.89. The van der Waals surface area contributed by atoms with E-state index in [-0.39, 0.29) is 36.1 Å². The fraction of sp³-hybridized carbons (Fsp3) is 0.435. The van der Waals surface area contributed by atoms with Gasteiger partial charge < -0.3 is 14.7 Å². The predicted molar refractivity (Wildman–Crippen MR) is 128 cm³/mol. The number of hydrogen-bond donors (Lipinski definition) is 1. The number of rotatable bonds is 5. The van der Waals surface area contributed by atoms with Crippen LogP contribution >= 0.6 is 11.6 Å². The molecule has 2 heterocycles. The van der Waals surface area contributed by atoms with Gasteiger partial charge in [0, 0.05) is 44.7 Å². The summed E-state index contributed by atoms with van der Waals surface area (Å²) in [6, 6.07) is 8.16. The van der Waals surface area contributed by atoms with Gasteiger partial charge in [-0.2, -0.15) is 4.72 Å². The SMILES string of the molecule is C[C@@H](C(=O)N1CCC(=O)N(C)CC1)N1CCC(NS(=O)(=O)c2ccc3cc(Cl)ccc3c2)C1=O. The molecule has 2 atom stereocenters. The van der Waals surface area contributed by atoms with Crippen LogP contribution in [0.25, 0.3) is 10.8 Å². The van der Waals surface area contributed by atoms with Crippen LogP contribution in [0.2, 0.25) is 5.02 Å². The van der Waals surface area contributed by atoms with Crippen LogP contribution in [-0.2, 0) is 24.4 Å². The van der Waals surface area contributed by atoms with Gasteiger partial charge in [-0.05, 0) is 48.4 Å². The van der Waals surface area contributed by atoms with Gasteiger partial charge in [-0.25, -0.2) is 8.42 Å². The molecule has 3 amide bonds. The molecular weight excluding hydrogens is 480 g/mol. The van der Waals surface area contributed by atoms with Crippen LogP contribution in [0.3, 0.4) is 0 Å². The number of hydrogen-bond acceptors (Lipinski definition) is 5. The van der Waals surface area contributed by atoms with Crippen LogP contribution in [0, 0.1) is 0 Å². The Morgan fingerprint density at radius 3 is 2.53 bits per heavy atom. The van der Waals surface area contributed by atoms with Gasteiger partial charge >= 0.3 is 0 Å². The molecule has 0 bridgehead atoms. The lowest BCUT2D eigenvalue weighted by Crippen LogP contribution is -2.50. The van der Waals surface area contributed by atoms with Gasteiger partial charge in [-0.15, -0.1) is 0 Å². The summed E-state index contributed by atoms with van der Waals surface area (Å²) >= 11 is 5.99. The molecule has 11 heteroatoms. The minimum Gasteiger partial charge on any atom is -0.344 e. The van der Waals surface area contributed by atoms with E-state index >= 15 is 0 Å². The van der Waals surface area contributed by atoms with Gasteiger partial charge in [0.15, 0.2) is 0 Å². The number of nitrogens with one attached hydrogen (secondary N) is 1. The number of halogens is 1. The molecular formula is C23H27ClN4O5S. The molecule has 182 valence electrons. The maximum atomic E-state index is 13.0. The molecule has 4 rings (SSSR count). The van der Waals surface area contributed by atoms with Crippen LogP contribution in [0.5, 0.6) is 0 Å². The summed E-state index contributed by atoms with van der Waals surface area (Å²) in [7, 11) is -2.25. The first-order valence-electron chi connectivity index (χ1n) is 11.1. The molecule has 0 radical (unpaired) electrons. The first-order valence-corrected chi connectivity index (χ1v) is 13.0. The van der Waals surface area contributed by atoms with Crippen LogP contribution in [-0.4, -0.2) is 86.1 Å². The molecule has 2 saturated heterocycles. The van der Waals surface area contributed by atoms with Crippen molar-refractivity contribution in [3.63, 3.8) is 0 Å². The number of amides is 3. The van der Waals surface area contributed by atoms with E-state index in [1.165, 1.54) is 17.0 Å². The summed E-state index contributed by atoms with van der Waals surface area (Å²) in [6.45, 7) is 3.05. The molecule has 1 N–H and O–H groups in total. The molecule has 2 fully saturated rings. The lowest BCUT2D eigenvalue weighted by Gasteiger charge is -2.29. The van der Waals surface area contributed by atoms with Crippen molar-refractivity contribution >= 4 is 50.1 Å². The van der Waals surface area contributed by atoms with Gasteiger partial charge in [0.1, 0.15) is 12.1 Å². The van der Waals surface area contributed by atoms with Gasteiger partial charge in [-0.3, -0.25) is 14.4 Å². The molecule has 2 aliphatic heterocycles. The van der Waals surface area contributed by atoms with Crippen LogP contribution in [0.4, 0.5) is 0 Å². The third kappa shape index (κ3) is 4.89. The zero-order valence-corrected chi connectivity index (χ0v) is 20.6. The Kier molecular flexibility index (Phi) is 6.84. The number of likely N-dealkylation sites (tertiary alicyclic amines) is 1. The zero-order chi connectivity index (χ0) is 24.6. The number of benzene rings is 2. The van der Waals surface area contributed by atoms with Gasteiger partial charge in [0.05, 0.1) is 4.90 Å². The molecule has 0 aliphatic carbocycles. The summed E-state index contributed by atoms with van der Waals surface area (Å²) in [5.41, 5.74) is 0. The Hall–Kier alpha value is -2.69. The molecule has 2 aromatic rings. The molecule has 0 spiro atoms. The summed E-state index contributed by atoms with van der Waals surface area (Å²) in [5, 5.41) is 2.08. The van der Waals surface area contributed by atoms with E-state index in [9.17, 15) is 22.8 Å². The van der Waals surface area contributed by atoms with Crippen molar-refractivity contribution in [2.75, 3.05) is 33.2 Å². The van der Waals surface area contributed by atoms with Crippen LogP contribution in [0.1, 0.15) is 19.8 Å².